The first-order valence-electron chi connectivity index (χ1n) is 8.13. The topological polar surface area (TPSA) is 72.2 Å². The summed E-state index contributed by atoms with van der Waals surface area (Å²) in [5.41, 5.74) is 2.10. The van der Waals surface area contributed by atoms with Crippen LogP contribution in [0.4, 0.5) is 5.69 Å². The van der Waals surface area contributed by atoms with Crippen LogP contribution in [-0.2, 0) is 6.42 Å². The van der Waals surface area contributed by atoms with E-state index in [0.717, 1.165) is 31.3 Å². The normalized spacial score (nSPS) is 11.1. The molecule has 2 aromatic heterocycles. The third kappa shape index (κ3) is 3.69. The van der Waals surface area contributed by atoms with Crippen LogP contribution in [0, 0.1) is 3.57 Å². The molecule has 0 unspecified atom stereocenters. The lowest BCUT2D eigenvalue weighted by molar-refractivity contribution is 0.102. The van der Waals surface area contributed by atoms with Crippen molar-refractivity contribution in [2.45, 2.75) is 13.3 Å². The second-order valence-electron chi connectivity index (χ2n) is 5.73. The molecule has 27 heavy (non-hydrogen) atoms. The summed E-state index contributed by atoms with van der Waals surface area (Å²) in [5.74, 6) is 0.600. The van der Waals surface area contributed by atoms with Crippen LogP contribution >= 0.6 is 45.5 Å². The number of carbonyl (C=O) groups excluding carboxylic acids is 1. The van der Waals surface area contributed by atoms with Gasteiger partial charge < -0.3 is 5.32 Å². The Kier molecular flexibility index (Phi) is 5.11. The number of nitrogens with one attached hydrogen (secondary N) is 1. The van der Waals surface area contributed by atoms with Gasteiger partial charge in [0.25, 0.3) is 5.91 Å². The molecule has 0 bridgehead atoms. The highest BCUT2D eigenvalue weighted by molar-refractivity contribution is 14.1. The van der Waals surface area contributed by atoms with E-state index in [1.165, 1.54) is 11.3 Å². The van der Waals surface area contributed by atoms with Gasteiger partial charge in [0.15, 0.2) is 5.82 Å². The van der Waals surface area contributed by atoms with E-state index in [-0.39, 0.29) is 5.91 Å². The summed E-state index contributed by atoms with van der Waals surface area (Å²) in [4.78, 5) is 13.2. The molecule has 0 aliphatic carbocycles. The Morgan fingerprint density at radius 1 is 1.22 bits per heavy atom. The molecule has 4 aromatic rings. The van der Waals surface area contributed by atoms with Crippen molar-refractivity contribution in [3.8, 4) is 10.6 Å². The zero-order valence-corrected chi connectivity index (χ0v) is 17.8. The average Bonchev–Trinajstić information content (AvgIpc) is 3.24. The Hall–Kier alpha value is -2.04. The van der Waals surface area contributed by atoms with Crippen molar-refractivity contribution >= 4 is 62.1 Å². The van der Waals surface area contributed by atoms with Crippen LogP contribution in [0.15, 0.2) is 42.5 Å². The van der Waals surface area contributed by atoms with Crippen LogP contribution in [0.2, 0.25) is 5.02 Å². The van der Waals surface area contributed by atoms with E-state index in [9.17, 15) is 4.79 Å². The van der Waals surface area contributed by atoms with Gasteiger partial charge in [-0.3, -0.25) is 4.79 Å². The number of hydrogen-bond donors (Lipinski definition) is 1. The number of benzene rings is 2. The smallest absolute Gasteiger partial charge is 0.257 e. The van der Waals surface area contributed by atoms with E-state index >= 15 is 0 Å². The molecule has 1 amide bonds. The molecule has 0 aliphatic rings. The van der Waals surface area contributed by atoms with Crippen LogP contribution < -0.4 is 5.32 Å². The zero-order chi connectivity index (χ0) is 19.0. The Morgan fingerprint density at radius 3 is 2.74 bits per heavy atom. The molecule has 4 rings (SSSR count). The van der Waals surface area contributed by atoms with Crippen LogP contribution in [0.25, 0.3) is 15.5 Å². The number of nitrogens with zero attached hydrogens (tertiary/aromatic N) is 4. The molecular formula is C18H13ClIN5OS. The third-order valence-electron chi connectivity index (χ3n) is 3.93. The summed E-state index contributed by atoms with van der Waals surface area (Å²) in [7, 11) is 0. The van der Waals surface area contributed by atoms with Gasteiger partial charge in [0, 0.05) is 21.2 Å². The van der Waals surface area contributed by atoms with Gasteiger partial charge in [-0.1, -0.05) is 29.9 Å². The first-order valence-corrected chi connectivity index (χ1v) is 10.4. The van der Waals surface area contributed by atoms with Gasteiger partial charge in [0.1, 0.15) is 5.01 Å². The number of rotatable bonds is 4. The van der Waals surface area contributed by atoms with Crippen molar-refractivity contribution in [3.05, 3.63) is 62.4 Å². The number of fused-ring (bicyclic) bond motifs is 1. The van der Waals surface area contributed by atoms with Crippen molar-refractivity contribution in [2.24, 2.45) is 0 Å². The van der Waals surface area contributed by atoms with Crippen LogP contribution in [0.3, 0.4) is 0 Å². The Bertz CT molecular complexity index is 1140. The maximum Gasteiger partial charge on any atom is 0.257 e. The minimum atomic E-state index is -0.238. The van der Waals surface area contributed by atoms with Crippen molar-refractivity contribution < 1.29 is 4.79 Å². The molecule has 2 aromatic carbocycles. The quantitative estimate of drug-likeness (QED) is 0.396. The lowest BCUT2D eigenvalue weighted by Crippen LogP contribution is -2.12. The number of anilines is 1. The third-order valence-corrected chi connectivity index (χ3v) is 5.88. The number of hydrogen-bond acceptors (Lipinski definition) is 5. The molecule has 1 N–H and O–H groups in total. The summed E-state index contributed by atoms with van der Waals surface area (Å²) in [5, 5.41) is 17.0. The zero-order valence-electron chi connectivity index (χ0n) is 14.1. The first kappa shape index (κ1) is 18.3. The maximum absolute atomic E-state index is 12.5. The van der Waals surface area contributed by atoms with E-state index in [0.29, 0.717) is 16.3 Å². The summed E-state index contributed by atoms with van der Waals surface area (Å²) in [6.45, 7) is 2.02. The van der Waals surface area contributed by atoms with Gasteiger partial charge in [0.05, 0.1) is 10.6 Å². The van der Waals surface area contributed by atoms with Crippen molar-refractivity contribution in [2.75, 3.05) is 5.32 Å². The van der Waals surface area contributed by atoms with Gasteiger partial charge in [-0.25, -0.2) is 0 Å². The molecule has 0 fully saturated rings. The Morgan fingerprint density at radius 2 is 2.00 bits per heavy atom. The lowest BCUT2D eigenvalue weighted by atomic mass is 10.2. The predicted molar refractivity (Wildman–Crippen MR) is 116 cm³/mol. The predicted octanol–water partition coefficient (Wildman–Crippen LogP) is 4.93. The first-order chi connectivity index (χ1) is 13.0. The Labute approximate surface area is 177 Å². The molecule has 0 radical (unpaired) electrons. The molecule has 0 saturated carbocycles. The average molecular weight is 510 g/mol. The van der Waals surface area contributed by atoms with E-state index < -0.39 is 0 Å². The SMILES string of the molecule is CCc1nnc2sc(-c3ccc(NC(=O)c4cc(I)ccc4Cl)cc3)nn12. The highest BCUT2D eigenvalue weighted by Crippen LogP contribution is 2.27. The number of halogens is 2. The van der Waals surface area contributed by atoms with E-state index in [1.54, 1.807) is 16.6 Å². The summed E-state index contributed by atoms with van der Waals surface area (Å²) in [6.07, 6.45) is 0.774. The van der Waals surface area contributed by atoms with Crippen molar-refractivity contribution in [1.82, 2.24) is 19.8 Å². The monoisotopic (exact) mass is 509 g/mol. The fourth-order valence-electron chi connectivity index (χ4n) is 2.56. The highest BCUT2D eigenvalue weighted by Gasteiger charge is 2.13. The molecule has 0 atom stereocenters. The molecule has 0 aliphatic heterocycles. The largest absolute Gasteiger partial charge is 0.322 e. The Balaban J connectivity index is 1.55. The van der Waals surface area contributed by atoms with Crippen LogP contribution in [0.1, 0.15) is 23.1 Å². The van der Waals surface area contributed by atoms with Crippen molar-refractivity contribution in [3.63, 3.8) is 0 Å². The second kappa shape index (κ2) is 7.53. The minimum Gasteiger partial charge on any atom is -0.322 e. The van der Waals surface area contributed by atoms with E-state index in [1.807, 2.05) is 37.3 Å². The number of aromatic nitrogens is 4. The molecule has 0 spiro atoms. The number of aryl methyl sites for hydroxylation is 1. The number of amides is 1. The minimum absolute atomic E-state index is 0.238. The molecule has 0 saturated heterocycles. The lowest BCUT2D eigenvalue weighted by Gasteiger charge is -2.08. The van der Waals surface area contributed by atoms with E-state index in [2.05, 4.69) is 43.2 Å². The fraction of sp³-hybridized carbons (Fsp3) is 0.111. The number of carbonyl (C=O) groups is 1. The summed E-state index contributed by atoms with van der Waals surface area (Å²) < 4.78 is 2.72. The van der Waals surface area contributed by atoms with E-state index in [4.69, 9.17) is 11.6 Å². The highest BCUT2D eigenvalue weighted by atomic mass is 127. The van der Waals surface area contributed by atoms with Crippen LogP contribution in [-0.4, -0.2) is 25.7 Å². The molecule has 9 heteroatoms. The standard InChI is InChI=1S/C18H13ClIN5OS/c1-2-15-22-23-18-25(15)24-17(27-18)10-3-6-12(7-4-10)21-16(26)13-9-11(20)5-8-14(13)19/h3-9H,2H2,1H3,(H,21,26). The van der Waals surface area contributed by atoms with Gasteiger partial charge in [-0.15, -0.1) is 10.2 Å². The molecule has 6 nitrogen and oxygen atoms in total. The van der Waals surface area contributed by atoms with Crippen molar-refractivity contribution in [1.29, 1.82) is 0 Å². The van der Waals surface area contributed by atoms with Gasteiger partial charge in [-0.2, -0.15) is 9.61 Å². The fourth-order valence-corrected chi connectivity index (χ4v) is 4.12. The van der Waals surface area contributed by atoms with Gasteiger partial charge in [0.2, 0.25) is 4.96 Å². The molecular weight excluding hydrogens is 497 g/mol. The second-order valence-corrected chi connectivity index (χ2v) is 8.34. The summed E-state index contributed by atoms with van der Waals surface area (Å²) in [6, 6.07) is 12.9. The maximum atomic E-state index is 12.5. The van der Waals surface area contributed by atoms with Gasteiger partial charge >= 0.3 is 0 Å². The molecule has 136 valence electrons. The molecule has 2 heterocycles. The van der Waals surface area contributed by atoms with Gasteiger partial charge in [-0.05, 0) is 65.1 Å². The van der Waals surface area contributed by atoms with Crippen LogP contribution in [0.5, 0.6) is 0 Å². The summed E-state index contributed by atoms with van der Waals surface area (Å²) >= 11 is 9.76.